The van der Waals surface area contributed by atoms with Gasteiger partial charge in [0.2, 0.25) is 5.91 Å². The summed E-state index contributed by atoms with van der Waals surface area (Å²) in [4.78, 5) is 24.0. The molecule has 3 aliphatic rings. The molecule has 1 aromatic rings. The van der Waals surface area contributed by atoms with E-state index < -0.39 is 6.09 Å². The molecule has 9 heteroatoms. The number of amides is 2. The monoisotopic (exact) mass is 501 g/mol. The van der Waals surface area contributed by atoms with E-state index in [4.69, 9.17) is 24.7 Å². The molecule has 198 valence electrons. The van der Waals surface area contributed by atoms with Crippen LogP contribution < -0.4 is 16.4 Å². The summed E-state index contributed by atoms with van der Waals surface area (Å²) in [5.74, 6) is -0.244. The van der Waals surface area contributed by atoms with Crippen molar-refractivity contribution < 1.29 is 28.5 Å². The third-order valence-corrected chi connectivity index (χ3v) is 7.60. The van der Waals surface area contributed by atoms with Gasteiger partial charge in [0, 0.05) is 19.3 Å². The van der Waals surface area contributed by atoms with Crippen LogP contribution in [-0.4, -0.2) is 68.3 Å². The zero-order chi connectivity index (χ0) is 25.9. The number of carbonyl (C=O) groups is 2. The number of alkyl carbamates (subject to hydrolysis) is 1. The molecule has 4 N–H and O–H groups in total. The molecule has 2 aliphatic heterocycles. The molecule has 0 aromatic heterocycles. The van der Waals surface area contributed by atoms with Gasteiger partial charge in [0.15, 0.2) is 0 Å². The van der Waals surface area contributed by atoms with E-state index in [9.17, 15) is 9.59 Å². The summed E-state index contributed by atoms with van der Waals surface area (Å²) in [5.41, 5.74) is 7.69. The van der Waals surface area contributed by atoms with Crippen LogP contribution in [-0.2, 0) is 30.2 Å². The van der Waals surface area contributed by atoms with Gasteiger partial charge in [-0.25, -0.2) is 4.79 Å². The van der Waals surface area contributed by atoms with Crippen LogP contribution in [0.4, 0.5) is 10.5 Å². The van der Waals surface area contributed by atoms with E-state index >= 15 is 0 Å². The third-order valence-electron chi connectivity index (χ3n) is 7.60. The second-order valence-electron chi connectivity index (χ2n) is 10.4. The Balaban J connectivity index is 1.30. The zero-order valence-electron chi connectivity index (χ0n) is 21.7. The number of nitrogens with two attached hydrogens (primary N) is 1. The van der Waals surface area contributed by atoms with Crippen molar-refractivity contribution in [2.24, 2.45) is 11.7 Å². The first-order chi connectivity index (χ1) is 17.2. The predicted octanol–water partition coefficient (Wildman–Crippen LogP) is 2.93. The molecule has 1 aromatic carbocycles. The van der Waals surface area contributed by atoms with Crippen molar-refractivity contribution in [3.63, 3.8) is 0 Å². The van der Waals surface area contributed by atoms with E-state index in [-0.39, 0.29) is 47.9 Å². The van der Waals surface area contributed by atoms with E-state index in [1.54, 1.807) is 7.11 Å². The molecule has 9 nitrogen and oxygen atoms in total. The highest BCUT2D eigenvalue weighted by Crippen LogP contribution is 2.59. The van der Waals surface area contributed by atoms with Crippen molar-refractivity contribution >= 4 is 17.7 Å². The van der Waals surface area contributed by atoms with Gasteiger partial charge in [0.25, 0.3) is 0 Å². The van der Waals surface area contributed by atoms with Crippen molar-refractivity contribution in [1.29, 1.82) is 0 Å². The Morgan fingerprint density at radius 2 is 1.97 bits per heavy atom. The minimum Gasteiger partial charge on any atom is -0.443 e. The van der Waals surface area contributed by atoms with Gasteiger partial charge in [-0.05, 0) is 64.2 Å². The minimum atomic E-state index is -0.455. The van der Waals surface area contributed by atoms with Crippen molar-refractivity contribution in [1.82, 2.24) is 5.32 Å². The fourth-order valence-electron chi connectivity index (χ4n) is 5.53. The fourth-order valence-corrected chi connectivity index (χ4v) is 5.53. The number of ether oxygens (including phenoxy) is 4. The number of epoxide rings is 2. The number of methoxy groups -OCH3 is 1. The summed E-state index contributed by atoms with van der Waals surface area (Å²) in [6.45, 7) is 7.37. The van der Waals surface area contributed by atoms with Crippen LogP contribution in [0.15, 0.2) is 35.9 Å². The quantitative estimate of drug-likeness (QED) is 0.332. The van der Waals surface area contributed by atoms with Crippen LogP contribution in [0, 0.1) is 5.92 Å². The number of hydrogen-bond donors (Lipinski definition) is 3. The average Bonchev–Trinajstić information content (AvgIpc) is 3.77. The normalized spacial score (nSPS) is 32.5. The topological polar surface area (TPSA) is 128 Å². The van der Waals surface area contributed by atoms with Gasteiger partial charge in [0.05, 0.1) is 25.2 Å². The first-order valence-corrected chi connectivity index (χ1v) is 12.7. The molecule has 2 heterocycles. The maximum atomic E-state index is 12.6. The van der Waals surface area contributed by atoms with Gasteiger partial charge in [-0.2, -0.15) is 0 Å². The molecular formula is C27H39N3O6. The zero-order valence-corrected chi connectivity index (χ0v) is 21.7. The molecule has 1 saturated carbocycles. The Kier molecular flexibility index (Phi) is 8.04. The first kappa shape index (κ1) is 26.6. The lowest BCUT2D eigenvalue weighted by molar-refractivity contribution is -0.118. The van der Waals surface area contributed by atoms with E-state index in [1.807, 2.05) is 24.3 Å². The van der Waals surface area contributed by atoms with Gasteiger partial charge in [-0.1, -0.05) is 23.8 Å². The Labute approximate surface area is 213 Å². The Morgan fingerprint density at radius 1 is 1.25 bits per heavy atom. The van der Waals surface area contributed by atoms with Crippen molar-refractivity contribution in [3.05, 3.63) is 41.5 Å². The number of benzene rings is 1. The van der Waals surface area contributed by atoms with Crippen LogP contribution in [0.3, 0.4) is 0 Å². The number of carbonyl (C=O) groups excluding carboxylic acids is 2. The molecule has 36 heavy (non-hydrogen) atoms. The lowest BCUT2D eigenvalue weighted by atomic mass is 9.68. The lowest BCUT2D eigenvalue weighted by Gasteiger charge is -2.42. The lowest BCUT2D eigenvalue weighted by Crippen LogP contribution is -2.56. The molecule has 3 fully saturated rings. The molecular weight excluding hydrogens is 462 g/mol. The fraction of sp³-hybridized carbons (Fsp3) is 0.630. The number of hydrogen-bond acceptors (Lipinski definition) is 7. The maximum absolute atomic E-state index is 12.6. The highest BCUT2D eigenvalue weighted by Gasteiger charge is 2.72. The SMILES string of the molecule is COC1C(OC(=O)NCCc2ccc(NC(=O)CN)cc2)CC[C@]2(CO2)C1C1(C)O[C@@H]1CC=C(C)C. The van der Waals surface area contributed by atoms with Gasteiger partial charge >= 0.3 is 6.09 Å². The standard InChI is InChI=1S/C27H39N3O6/c1-17(2)5-10-21-26(3,36-21)24-23(33-4)20(11-13-27(24)16-34-27)35-25(32)29-14-12-18-6-8-19(9-7-18)30-22(31)15-28/h5-9,20-21,23-24H,10-16,28H2,1-4H3,(H,29,32)(H,30,31)/t20?,21-,23?,24?,26?,27+/m1/s1. The number of nitrogens with one attached hydrogen (secondary N) is 2. The number of rotatable bonds is 10. The van der Waals surface area contributed by atoms with Gasteiger partial charge in [-0.3, -0.25) is 4.79 Å². The van der Waals surface area contributed by atoms with Crippen LogP contribution in [0.25, 0.3) is 0 Å². The van der Waals surface area contributed by atoms with Crippen molar-refractivity contribution in [2.75, 3.05) is 32.1 Å². The van der Waals surface area contributed by atoms with Crippen LogP contribution >= 0.6 is 0 Å². The molecule has 2 amide bonds. The Bertz CT molecular complexity index is 972. The smallest absolute Gasteiger partial charge is 0.407 e. The highest BCUT2D eigenvalue weighted by atomic mass is 16.6. The molecule has 1 aliphatic carbocycles. The Morgan fingerprint density at radius 3 is 2.58 bits per heavy atom. The van der Waals surface area contributed by atoms with E-state index in [0.29, 0.717) is 31.7 Å². The van der Waals surface area contributed by atoms with E-state index in [1.165, 1.54) is 5.57 Å². The number of allylic oxidation sites excluding steroid dienone is 1. The van der Waals surface area contributed by atoms with Crippen molar-refractivity contribution in [2.45, 2.75) is 76.0 Å². The van der Waals surface area contributed by atoms with Gasteiger partial charge < -0.3 is 35.3 Å². The predicted molar refractivity (Wildman–Crippen MR) is 136 cm³/mol. The van der Waals surface area contributed by atoms with Crippen LogP contribution in [0.1, 0.15) is 45.6 Å². The summed E-state index contributed by atoms with van der Waals surface area (Å²) in [6.07, 6.45) is 4.18. The summed E-state index contributed by atoms with van der Waals surface area (Å²) in [5, 5.41) is 5.56. The Hall–Kier alpha value is -2.46. The molecule has 4 unspecified atom stereocenters. The molecule has 4 rings (SSSR count). The highest BCUT2D eigenvalue weighted by molar-refractivity contribution is 5.92. The van der Waals surface area contributed by atoms with Gasteiger partial charge in [0.1, 0.15) is 23.4 Å². The molecule has 0 bridgehead atoms. The largest absolute Gasteiger partial charge is 0.443 e. The second kappa shape index (κ2) is 10.9. The summed E-state index contributed by atoms with van der Waals surface area (Å²) < 4.78 is 24.0. The number of anilines is 1. The van der Waals surface area contributed by atoms with E-state index in [2.05, 4.69) is 37.5 Å². The summed E-state index contributed by atoms with van der Waals surface area (Å²) in [7, 11) is 1.67. The first-order valence-electron chi connectivity index (χ1n) is 12.7. The van der Waals surface area contributed by atoms with Gasteiger partial charge in [-0.15, -0.1) is 0 Å². The van der Waals surface area contributed by atoms with E-state index in [0.717, 1.165) is 18.4 Å². The molecule has 6 atom stereocenters. The van der Waals surface area contributed by atoms with Crippen molar-refractivity contribution in [3.8, 4) is 0 Å². The molecule has 1 spiro atoms. The molecule has 0 radical (unpaired) electrons. The second-order valence-corrected chi connectivity index (χ2v) is 10.4. The van der Waals surface area contributed by atoms with Crippen LogP contribution in [0.2, 0.25) is 0 Å². The summed E-state index contributed by atoms with van der Waals surface area (Å²) in [6, 6.07) is 7.44. The maximum Gasteiger partial charge on any atom is 0.407 e. The average molecular weight is 502 g/mol. The molecule has 2 saturated heterocycles. The third kappa shape index (κ3) is 5.91. The summed E-state index contributed by atoms with van der Waals surface area (Å²) >= 11 is 0. The van der Waals surface area contributed by atoms with Crippen LogP contribution in [0.5, 0.6) is 0 Å². The minimum absolute atomic E-state index is 0.00427.